The van der Waals surface area contributed by atoms with E-state index in [0.29, 0.717) is 0 Å². The van der Waals surface area contributed by atoms with Gasteiger partial charge in [-0.05, 0) is 25.1 Å². The van der Waals surface area contributed by atoms with Crippen LogP contribution in [0, 0.1) is 6.92 Å². The number of methoxy groups -OCH3 is 1. The van der Waals surface area contributed by atoms with Crippen molar-refractivity contribution < 1.29 is 4.74 Å². The third-order valence-corrected chi connectivity index (χ3v) is 3.00. The van der Waals surface area contributed by atoms with Gasteiger partial charge in [-0.1, -0.05) is 29.8 Å². The summed E-state index contributed by atoms with van der Waals surface area (Å²) in [5.74, 6) is 1.70. The third-order valence-electron chi connectivity index (χ3n) is 3.00. The van der Waals surface area contributed by atoms with E-state index in [1.54, 1.807) is 7.11 Å². The highest BCUT2D eigenvalue weighted by molar-refractivity contribution is 5.64. The molecule has 0 atom stereocenters. The Morgan fingerprint density at radius 1 is 1.11 bits per heavy atom. The lowest BCUT2D eigenvalue weighted by molar-refractivity contribution is 0.393. The zero-order valence-corrected chi connectivity index (χ0v) is 10.4. The van der Waals surface area contributed by atoms with Crippen LogP contribution in [0.2, 0.25) is 0 Å². The summed E-state index contributed by atoms with van der Waals surface area (Å²) < 4.78 is 7.42. The van der Waals surface area contributed by atoms with E-state index >= 15 is 0 Å². The van der Waals surface area contributed by atoms with E-state index in [1.807, 2.05) is 34.9 Å². The number of hydrogen-bond donors (Lipinski definition) is 0. The van der Waals surface area contributed by atoms with Gasteiger partial charge in [0, 0.05) is 5.56 Å². The molecule has 0 aliphatic heterocycles. The largest absolute Gasteiger partial charge is 0.482 e. The molecule has 0 spiro atoms. The van der Waals surface area contributed by atoms with Crippen LogP contribution in [0.15, 0.2) is 48.7 Å². The predicted molar refractivity (Wildman–Crippen MR) is 71.9 cm³/mol. The quantitative estimate of drug-likeness (QED) is 0.684. The Morgan fingerprint density at radius 3 is 2.72 bits per heavy atom. The van der Waals surface area contributed by atoms with E-state index in [2.05, 4.69) is 30.1 Å². The maximum absolute atomic E-state index is 5.40. The molecular weight excluding hydrogens is 224 g/mol. The third kappa shape index (κ3) is 1.64. The Labute approximate surface area is 106 Å². The van der Waals surface area contributed by atoms with Crippen LogP contribution in [-0.4, -0.2) is 16.5 Å². The molecule has 3 aromatic rings. The molecular formula is C15H14N2O. The van der Waals surface area contributed by atoms with E-state index < -0.39 is 0 Å². The first kappa shape index (κ1) is 10.8. The molecule has 3 nitrogen and oxygen atoms in total. The van der Waals surface area contributed by atoms with Gasteiger partial charge in [0.25, 0.3) is 0 Å². The van der Waals surface area contributed by atoms with Crippen molar-refractivity contribution in [2.45, 2.75) is 6.92 Å². The van der Waals surface area contributed by atoms with Crippen LogP contribution < -0.4 is 4.74 Å². The number of hydrogen-bond acceptors (Lipinski definition) is 2. The van der Waals surface area contributed by atoms with Crippen molar-refractivity contribution >= 4 is 5.52 Å². The molecule has 2 heterocycles. The van der Waals surface area contributed by atoms with E-state index in [1.165, 1.54) is 5.56 Å². The summed E-state index contributed by atoms with van der Waals surface area (Å²) in [6.45, 7) is 2.08. The first-order valence-electron chi connectivity index (χ1n) is 5.87. The normalized spacial score (nSPS) is 10.8. The van der Waals surface area contributed by atoms with Gasteiger partial charge in [-0.3, -0.25) is 4.40 Å². The Kier molecular flexibility index (Phi) is 2.52. The van der Waals surface area contributed by atoms with Crippen LogP contribution in [0.4, 0.5) is 0 Å². The molecule has 0 radical (unpaired) electrons. The van der Waals surface area contributed by atoms with Gasteiger partial charge in [0.05, 0.1) is 18.8 Å². The van der Waals surface area contributed by atoms with Crippen molar-refractivity contribution in [3.05, 3.63) is 54.2 Å². The highest BCUT2D eigenvalue weighted by Crippen LogP contribution is 2.25. The number of aromatic nitrogens is 2. The van der Waals surface area contributed by atoms with Crippen LogP contribution >= 0.6 is 0 Å². The van der Waals surface area contributed by atoms with E-state index in [0.717, 1.165) is 22.8 Å². The molecule has 90 valence electrons. The van der Waals surface area contributed by atoms with E-state index in [-0.39, 0.29) is 0 Å². The lowest BCUT2D eigenvalue weighted by atomic mass is 10.1. The summed E-state index contributed by atoms with van der Waals surface area (Å²) in [6.07, 6.45) is 1.86. The smallest absolute Gasteiger partial charge is 0.199 e. The molecule has 2 aromatic heterocycles. The van der Waals surface area contributed by atoms with Crippen molar-refractivity contribution in [2.75, 3.05) is 7.11 Å². The topological polar surface area (TPSA) is 26.5 Å². The van der Waals surface area contributed by atoms with Crippen molar-refractivity contribution in [3.63, 3.8) is 0 Å². The fourth-order valence-electron chi connectivity index (χ4n) is 2.16. The molecule has 3 heteroatoms. The summed E-state index contributed by atoms with van der Waals surface area (Å²) in [7, 11) is 1.68. The summed E-state index contributed by atoms with van der Waals surface area (Å²) in [4.78, 5) is 4.50. The molecule has 0 bridgehead atoms. The van der Waals surface area contributed by atoms with Crippen molar-refractivity contribution in [3.8, 4) is 17.3 Å². The Morgan fingerprint density at radius 2 is 1.94 bits per heavy atom. The second-order valence-corrected chi connectivity index (χ2v) is 4.28. The Bertz CT molecular complexity index is 701. The van der Waals surface area contributed by atoms with Crippen LogP contribution in [0.25, 0.3) is 16.9 Å². The molecule has 0 N–H and O–H groups in total. The maximum atomic E-state index is 5.40. The molecule has 0 aliphatic rings. The number of aryl methyl sites for hydroxylation is 1. The first-order valence-corrected chi connectivity index (χ1v) is 5.87. The van der Waals surface area contributed by atoms with Crippen LogP contribution in [0.1, 0.15) is 5.56 Å². The summed E-state index contributed by atoms with van der Waals surface area (Å²) >= 11 is 0. The average Bonchev–Trinajstić information content (AvgIpc) is 2.82. The number of nitrogens with zero attached hydrogens (tertiary/aromatic N) is 2. The molecule has 18 heavy (non-hydrogen) atoms. The van der Waals surface area contributed by atoms with Crippen LogP contribution in [0.5, 0.6) is 5.88 Å². The van der Waals surface area contributed by atoms with Gasteiger partial charge in [-0.2, -0.15) is 0 Å². The minimum Gasteiger partial charge on any atom is -0.482 e. The molecule has 0 aliphatic carbocycles. The second-order valence-electron chi connectivity index (χ2n) is 4.28. The highest BCUT2D eigenvalue weighted by atomic mass is 16.5. The minimum absolute atomic E-state index is 0.793. The minimum atomic E-state index is 0.793. The number of pyridine rings is 1. The Balaban J connectivity index is 2.30. The SMILES string of the molecule is COc1cccc2cnc(-c3cccc(C)c3)n12. The molecule has 0 saturated heterocycles. The zero-order valence-electron chi connectivity index (χ0n) is 10.4. The molecule has 1 aromatic carbocycles. The lowest BCUT2D eigenvalue weighted by Crippen LogP contribution is -1.96. The second kappa shape index (κ2) is 4.18. The first-order chi connectivity index (χ1) is 8.79. The molecule has 0 saturated carbocycles. The predicted octanol–water partition coefficient (Wildman–Crippen LogP) is 3.32. The van der Waals surface area contributed by atoms with Gasteiger partial charge >= 0.3 is 0 Å². The number of ether oxygens (including phenoxy) is 1. The van der Waals surface area contributed by atoms with E-state index in [4.69, 9.17) is 4.74 Å². The zero-order chi connectivity index (χ0) is 12.5. The van der Waals surface area contributed by atoms with Gasteiger partial charge in [-0.25, -0.2) is 4.98 Å². The van der Waals surface area contributed by atoms with Gasteiger partial charge in [0.1, 0.15) is 5.82 Å². The fraction of sp³-hybridized carbons (Fsp3) is 0.133. The van der Waals surface area contributed by atoms with Gasteiger partial charge < -0.3 is 4.74 Å². The molecule has 3 rings (SSSR count). The van der Waals surface area contributed by atoms with Crippen LogP contribution in [-0.2, 0) is 0 Å². The summed E-state index contributed by atoms with van der Waals surface area (Å²) in [6, 6.07) is 14.2. The van der Waals surface area contributed by atoms with Gasteiger partial charge in [0.2, 0.25) is 0 Å². The fourth-order valence-corrected chi connectivity index (χ4v) is 2.16. The number of rotatable bonds is 2. The number of imidazole rings is 1. The monoisotopic (exact) mass is 238 g/mol. The number of fused-ring (bicyclic) bond motifs is 1. The summed E-state index contributed by atoms with van der Waals surface area (Å²) in [5, 5.41) is 0. The summed E-state index contributed by atoms with van der Waals surface area (Å²) in [5.41, 5.74) is 3.35. The molecule has 0 unspecified atom stereocenters. The van der Waals surface area contributed by atoms with Gasteiger partial charge in [0.15, 0.2) is 5.88 Å². The highest BCUT2D eigenvalue weighted by Gasteiger charge is 2.09. The standard InChI is InChI=1S/C15H14N2O/c1-11-5-3-6-12(9-11)15-16-10-13-7-4-8-14(18-2)17(13)15/h3-10H,1-2H3. The maximum Gasteiger partial charge on any atom is 0.199 e. The lowest BCUT2D eigenvalue weighted by Gasteiger charge is -2.07. The van der Waals surface area contributed by atoms with Crippen molar-refractivity contribution in [1.82, 2.24) is 9.38 Å². The molecule has 0 amide bonds. The number of benzene rings is 1. The van der Waals surface area contributed by atoms with Crippen LogP contribution in [0.3, 0.4) is 0 Å². The average molecular weight is 238 g/mol. The Hall–Kier alpha value is -2.29. The van der Waals surface area contributed by atoms with Crippen molar-refractivity contribution in [2.24, 2.45) is 0 Å². The van der Waals surface area contributed by atoms with Gasteiger partial charge in [-0.15, -0.1) is 0 Å². The van der Waals surface area contributed by atoms with Crippen molar-refractivity contribution in [1.29, 1.82) is 0 Å². The molecule has 0 fully saturated rings. The van der Waals surface area contributed by atoms with E-state index in [9.17, 15) is 0 Å².